The van der Waals surface area contributed by atoms with Gasteiger partial charge in [-0.2, -0.15) is 0 Å². The van der Waals surface area contributed by atoms with Crippen LogP contribution in [0.5, 0.6) is 0 Å². The minimum atomic E-state index is -3.76. The van der Waals surface area contributed by atoms with E-state index in [1.54, 1.807) is 0 Å². The molecule has 2 aromatic carbocycles. The number of hydrogen-bond acceptors (Lipinski definition) is 5. The molecular weight excluding hydrogens is 473 g/mol. The molecule has 0 aromatic heterocycles. The molecule has 1 aliphatic rings. The van der Waals surface area contributed by atoms with Crippen LogP contribution in [0, 0.1) is 0 Å². The van der Waals surface area contributed by atoms with Gasteiger partial charge >= 0.3 is 0 Å². The maximum atomic E-state index is 12.8. The second-order valence-corrected chi connectivity index (χ2v) is 10.5. The molecule has 0 spiro atoms. The molecule has 0 radical (unpaired) electrons. The summed E-state index contributed by atoms with van der Waals surface area (Å²) in [6.45, 7) is 5.90. The lowest BCUT2D eigenvalue weighted by atomic mass is 10.1. The summed E-state index contributed by atoms with van der Waals surface area (Å²) in [5.74, 6) is -0.426. The number of morpholine rings is 1. The highest BCUT2D eigenvalue weighted by molar-refractivity contribution is 7.92. The molecule has 7 nitrogen and oxygen atoms in total. The van der Waals surface area contributed by atoms with Crippen molar-refractivity contribution in [2.45, 2.75) is 26.1 Å². The number of hydrogen-bond donors (Lipinski definition) is 1. The van der Waals surface area contributed by atoms with Crippen LogP contribution in [0.25, 0.3) is 0 Å². The Morgan fingerprint density at radius 3 is 2.38 bits per heavy atom. The molecule has 1 heterocycles. The quantitative estimate of drug-likeness (QED) is 0.602. The minimum Gasteiger partial charge on any atom is -0.379 e. The summed E-state index contributed by atoms with van der Waals surface area (Å²) in [6, 6.07) is 11.4. The van der Waals surface area contributed by atoms with Crippen LogP contribution < -0.4 is 9.62 Å². The number of rotatable bonds is 8. The van der Waals surface area contributed by atoms with Gasteiger partial charge in [0.25, 0.3) is 0 Å². The van der Waals surface area contributed by atoms with E-state index in [9.17, 15) is 13.2 Å². The lowest BCUT2D eigenvalue weighted by Gasteiger charge is -2.28. The highest BCUT2D eigenvalue weighted by Crippen LogP contribution is 2.28. The Bertz CT molecular complexity index is 1040. The maximum Gasteiger partial charge on any atom is 0.243 e. The fourth-order valence-corrected chi connectivity index (χ4v) is 5.34. The Hall–Kier alpha value is -1.84. The van der Waals surface area contributed by atoms with Crippen molar-refractivity contribution in [1.29, 1.82) is 0 Å². The van der Waals surface area contributed by atoms with E-state index in [1.165, 1.54) is 25.1 Å². The number of amides is 1. The second-order valence-electron chi connectivity index (χ2n) is 7.79. The first-order valence-corrected chi connectivity index (χ1v) is 12.8. The van der Waals surface area contributed by atoms with E-state index in [0.717, 1.165) is 54.5 Å². The predicted molar refractivity (Wildman–Crippen MR) is 128 cm³/mol. The summed E-state index contributed by atoms with van der Waals surface area (Å²) in [4.78, 5) is 15.2. The lowest BCUT2D eigenvalue weighted by Crippen LogP contribution is -2.47. The largest absolute Gasteiger partial charge is 0.379 e. The van der Waals surface area contributed by atoms with Gasteiger partial charge in [0.1, 0.15) is 6.04 Å². The number of nitrogens with one attached hydrogen (secondary N) is 1. The van der Waals surface area contributed by atoms with Crippen molar-refractivity contribution in [2.75, 3.05) is 36.9 Å². The third kappa shape index (κ3) is 6.83. The molecule has 3 rings (SSSR count). The zero-order valence-electron chi connectivity index (χ0n) is 18.1. The van der Waals surface area contributed by atoms with E-state index in [1.807, 2.05) is 18.2 Å². The molecule has 0 saturated carbocycles. The van der Waals surface area contributed by atoms with E-state index in [2.05, 4.69) is 16.3 Å². The maximum absolute atomic E-state index is 12.8. The van der Waals surface area contributed by atoms with Crippen LogP contribution in [-0.4, -0.2) is 57.8 Å². The molecule has 1 aliphatic heterocycles. The van der Waals surface area contributed by atoms with Gasteiger partial charge in [0, 0.05) is 36.2 Å². The molecule has 1 atom stereocenters. The van der Waals surface area contributed by atoms with Crippen LogP contribution >= 0.6 is 23.2 Å². The summed E-state index contributed by atoms with van der Waals surface area (Å²) in [5.41, 5.74) is 2.33. The van der Waals surface area contributed by atoms with Crippen molar-refractivity contribution in [2.24, 2.45) is 0 Å². The predicted octanol–water partition coefficient (Wildman–Crippen LogP) is 3.30. The number of carbonyl (C=O) groups excluding carboxylic acids is 1. The van der Waals surface area contributed by atoms with Gasteiger partial charge in [0.15, 0.2) is 0 Å². The van der Waals surface area contributed by atoms with Gasteiger partial charge in [0.05, 0.1) is 25.2 Å². The van der Waals surface area contributed by atoms with Crippen LogP contribution in [0.1, 0.15) is 18.1 Å². The number of carbonyl (C=O) groups is 1. The van der Waals surface area contributed by atoms with Crippen LogP contribution in [0.3, 0.4) is 0 Å². The Morgan fingerprint density at radius 2 is 1.75 bits per heavy atom. The lowest BCUT2D eigenvalue weighted by molar-refractivity contribution is -0.122. The highest BCUT2D eigenvalue weighted by atomic mass is 35.5. The van der Waals surface area contributed by atoms with Gasteiger partial charge < -0.3 is 10.1 Å². The average Bonchev–Trinajstić information content (AvgIpc) is 2.71. The molecule has 1 N–H and O–H groups in total. The van der Waals surface area contributed by atoms with Crippen LogP contribution in [-0.2, 0) is 32.6 Å². The van der Waals surface area contributed by atoms with E-state index in [4.69, 9.17) is 27.9 Å². The molecule has 10 heteroatoms. The average molecular weight is 500 g/mol. The first kappa shape index (κ1) is 24.8. The van der Waals surface area contributed by atoms with Crippen molar-refractivity contribution >= 4 is 44.8 Å². The SMILES string of the molecule is C[C@H](C(=O)NCc1cccc(CN2CCOCC2)c1)N(c1cc(Cl)cc(Cl)c1)S(C)(=O)=O. The topological polar surface area (TPSA) is 79.0 Å². The molecular formula is C22H27Cl2N3O4S. The van der Waals surface area contributed by atoms with Crippen molar-refractivity contribution < 1.29 is 17.9 Å². The fourth-order valence-electron chi connectivity index (χ4n) is 3.67. The van der Waals surface area contributed by atoms with E-state index in [-0.39, 0.29) is 22.3 Å². The van der Waals surface area contributed by atoms with Crippen molar-refractivity contribution in [3.63, 3.8) is 0 Å². The first-order valence-electron chi connectivity index (χ1n) is 10.2. The smallest absolute Gasteiger partial charge is 0.243 e. The first-order chi connectivity index (χ1) is 15.1. The summed E-state index contributed by atoms with van der Waals surface area (Å²) in [5, 5.41) is 3.40. The monoisotopic (exact) mass is 499 g/mol. The van der Waals surface area contributed by atoms with Gasteiger partial charge in [0.2, 0.25) is 15.9 Å². The Balaban J connectivity index is 1.68. The number of ether oxygens (including phenoxy) is 1. The van der Waals surface area contributed by atoms with Gasteiger partial charge in [-0.05, 0) is 36.2 Å². The molecule has 0 unspecified atom stereocenters. The number of halogens is 2. The zero-order chi connectivity index (χ0) is 23.3. The van der Waals surface area contributed by atoms with Crippen molar-refractivity contribution in [3.05, 3.63) is 63.6 Å². The molecule has 1 saturated heterocycles. The molecule has 174 valence electrons. The van der Waals surface area contributed by atoms with Crippen LogP contribution in [0.4, 0.5) is 5.69 Å². The Kier molecular flexibility index (Phi) is 8.41. The number of benzene rings is 2. The van der Waals surface area contributed by atoms with Gasteiger partial charge in [-0.1, -0.05) is 47.5 Å². The van der Waals surface area contributed by atoms with Crippen molar-refractivity contribution in [3.8, 4) is 0 Å². The Labute approximate surface area is 199 Å². The Morgan fingerprint density at radius 1 is 1.12 bits per heavy atom. The molecule has 0 aliphatic carbocycles. The standard InChI is InChI=1S/C22H27Cl2N3O4S/c1-16(27(32(2,29)30)21-12-19(23)11-20(24)13-21)22(28)25-14-17-4-3-5-18(10-17)15-26-6-8-31-9-7-26/h3-5,10-13,16H,6-9,14-15H2,1-2H3,(H,25,28)/t16-/m1/s1. The number of sulfonamides is 1. The molecule has 1 amide bonds. The van der Waals surface area contributed by atoms with Gasteiger partial charge in [-0.3, -0.25) is 14.0 Å². The van der Waals surface area contributed by atoms with Gasteiger partial charge in [-0.15, -0.1) is 0 Å². The number of anilines is 1. The van der Waals surface area contributed by atoms with Crippen molar-refractivity contribution in [1.82, 2.24) is 10.2 Å². The molecule has 32 heavy (non-hydrogen) atoms. The van der Waals surface area contributed by atoms with Crippen LogP contribution in [0.15, 0.2) is 42.5 Å². The summed E-state index contributed by atoms with van der Waals surface area (Å²) in [7, 11) is -3.76. The third-order valence-corrected chi connectivity index (χ3v) is 6.84. The minimum absolute atomic E-state index is 0.236. The molecule has 0 bridgehead atoms. The fraction of sp³-hybridized carbons (Fsp3) is 0.409. The van der Waals surface area contributed by atoms with Crippen LogP contribution in [0.2, 0.25) is 10.0 Å². The third-order valence-electron chi connectivity index (χ3n) is 5.16. The van der Waals surface area contributed by atoms with E-state index >= 15 is 0 Å². The van der Waals surface area contributed by atoms with E-state index in [0.29, 0.717) is 0 Å². The highest BCUT2D eigenvalue weighted by Gasteiger charge is 2.29. The van der Waals surface area contributed by atoms with E-state index < -0.39 is 22.0 Å². The second kappa shape index (κ2) is 10.9. The molecule has 2 aromatic rings. The summed E-state index contributed by atoms with van der Waals surface area (Å²) in [6.07, 6.45) is 1.04. The number of nitrogens with zero attached hydrogens (tertiary/aromatic N) is 2. The molecule has 1 fully saturated rings. The van der Waals surface area contributed by atoms with Gasteiger partial charge in [-0.25, -0.2) is 8.42 Å². The summed E-state index contributed by atoms with van der Waals surface area (Å²) >= 11 is 12.1. The summed E-state index contributed by atoms with van der Waals surface area (Å²) < 4.78 is 31.3. The zero-order valence-corrected chi connectivity index (χ0v) is 20.4. The normalized spacial score (nSPS) is 15.9.